The van der Waals surface area contributed by atoms with Crippen LogP contribution in [-0.4, -0.2) is 24.8 Å². The number of benzene rings is 2. The average Bonchev–Trinajstić information content (AvgIpc) is 3.18. The monoisotopic (exact) mass is 363 g/mol. The van der Waals surface area contributed by atoms with Crippen molar-refractivity contribution in [2.24, 2.45) is 5.92 Å². The van der Waals surface area contributed by atoms with E-state index in [1.807, 2.05) is 30.3 Å². The second-order valence-electron chi connectivity index (χ2n) is 7.55. The van der Waals surface area contributed by atoms with Crippen molar-refractivity contribution in [3.63, 3.8) is 0 Å². The third-order valence-electron chi connectivity index (χ3n) is 5.54. The van der Waals surface area contributed by atoms with E-state index in [0.717, 1.165) is 30.6 Å². The quantitative estimate of drug-likeness (QED) is 0.799. The van der Waals surface area contributed by atoms with E-state index in [4.69, 9.17) is 4.74 Å². The Morgan fingerprint density at radius 3 is 2.78 bits per heavy atom. The first-order valence-electron chi connectivity index (χ1n) is 9.81. The number of rotatable bonds is 6. The van der Waals surface area contributed by atoms with E-state index < -0.39 is 0 Å². The van der Waals surface area contributed by atoms with E-state index in [1.54, 1.807) is 0 Å². The number of aryl methyl sites for hydroxylation is 2. The van der Waals surface area contributed by atoms with Crippen LogP contribution in [0.1, 0.15) is 46.3 Å². The first-order chi connectivity index (χ1) is 13.2. The normalized spacial score (nSPS) is 17.6. The van der Waals surface area contributed by atoms with Crippen LogP contribution in [0.15, 0.2) is 42.5 Å². The molecule has 0 fully saturated rings. The number of ether oxygens (including phenoxy) is 1. The maximum Gasteiger partial charge on any atom is 0.220 e. The fourth-order valence-corrected chi connectivity index (χ4v) is 3.99. The van der Waals surface area contributed by atoms with E-state index in [2.05, 4.69) is 17.4 Å². The van der Waals surface area contributed by atoms with Gasteiger partial charge in [0.25, 0.3) is 0 Å². The van der Waals surface area contributed by atoms with Crippen LogP contribution in [0, 0.1) is 5.92 Å². The minimum Gasteiger partial charge on any atom is -0.493 e. The summed E-state index contributed by atoms with van der Waals surface area (Å²) in [5.41, 5.74) is 4.58. The summed E-state index contributed by atoms with van der Waals surface area (Å²) in [6, 6.07) is 14.0. The highest BCUT2D eigenvalue weighted by Crippen LogP contribution is 2.26. The minimum atomic E-state index is -0.0663. The van der Waals surface area contributed by atoms with E-state index in [-0.39, 0.29) is 30.4 Å². The number of para-hydroxylation sites is 1. The van der Waals surface area contributed by atoms with Gasteiger partial charge >= 0.3 is 0 Å². The van der Waals surface area contributed by atoms with Gasteiger partial charge in [0.15, 0.2) is 5.78 Å². The lowest BCUT2D eigenvalue weighted by atomic mass is 9.96. The second-order valence-corrected chi connectivity index (χ2v) is 7.55. The van der Waals surface area contributed by atoms with Gasteiger partial charge in [-0.25, -0.2) is 0 Å². The van der Waals surface area contributed by atoms with Gasteiger partial charge in [0, 0.05) is 30.9 Å². The number of nitrogens with one attached hydrogen (secondary N) is 1. The van der Waals surface area contributed by atoms with Crippen molar-refractivity contribution >= 4 is 11.7 Å². The molecule has 0 saturated carbocycles. The van der Waals surface area contributed by atoms with Crippen molar-refractivity contribution in [3.8, 4) is 5.75 Å². The van der Waals surface area contributed by atoms with Crippen molar-refractivity contribution in [3.05, 3.63) is 64.7 Å². The molecule has 2 aromatic carbocycles. The van der Waals surface area contributed by atoms with Crippen LogP contribution in [0.2, 0.25) is 0 Å². The Kier molecular flexibility index (Phi) is 5.23. The van der Waals surface area contributed by atoms with Crippen molar-refractivity contribution < 1.29 is 14.3 Å². The van der Waals surface area contributed by atoms with Crippen molar-refractivity contribution in [2.45, 2.75) is 38.5 Å². The number of hydrogen-bond acceptors (Lipinski definition) is 3. The van der Waals surface area contributed by atoms with Gasteiger partial charge in [0.05, 0.1) is 6.61 Å². The van der Waals surface area contributed by atoms with Crippen LogP contribution < -0.4 is 10.1 Å². The summed E-state index contributed by atoms with van der Waals surface area (Å²) < 4.78 is 5.76. The van der Waals surface area contributed by atoms with Crippen LogP contribution in [0.25, 0.3) is 0 Å². The third-order valence-corrected chi connectivity index (χ3v) is 5.54. The SMILES string of the molecule is O=C(CCC(=O)c1ccc2c(c1)CCC2)NCC1COc2ccccc2C1. The predicted octanol–water partition coefficient (Wildman–Crippen LogP) is 3.51. The molecule has 2 aromatic rings. The Labute approximate surface area is 159 Å². The molecule has 4 nitrogen and oxygen atoms in total. The van der Waals surface area contributed by atoms with Gasteiger partial charge in [0.2, 0.25) is 5.91 Å². The Balaban J connectivity index is 1.23. The van der Waals surface area contributed by atoms with Gasteiger partial charge in [-0.15, -0.1) is 0 Å². The molecule has 0 radical (unpaired) electrons. The fourth-order valence-electron chi connectivity index (χ4n) is 3.99. The summed E-state index contributed by atoms with van der Waals surface area (Å²) in [5, 5.41) is 2.96. The minimum absolute atomic E-state index is 0.0507. The summed E-state index contributed by atoms with van der Waals surface area (Å²) in [7, 11) is 0. The van der Waals surface area contributed by atoms with E-state index in [0.29, 0.717) is 13.2 Å². The molecule has 1 unspecified atom stereocenters. The van der Waals surface area contributed by atoms with E-state index in [9.17, 15) is 9.59 Å². The van der Waals surface area contributed by atoms with E-state index >= 15 is 0 Å². The first-order valence-corrected chi connectivity index (χ1v) is 9.81. The van der Waals surface area contributed by atoms with Gasteiger partial charge in [0.1, 0.15) is 5.75 Å². The van der Waals surface area contributed by atoms with Gasteiger partial charge < -0.3 is 10.1 Å². The first kappa shape index (κ1) is 17.8. The van der Waals surface area contributed by atoms with Crippen molar-refractivity contribution in [1.82, 2.24) is 5.32 Å². The number of carbonyl (C=O) groups is 2. The maximum absolute atomic E-state index is 12.4. The summed E-state index contributed by atoms with van der Waals surface area (Å²) in [6.07, 6.45) is 4.75. The van der Waals surface area contributed by atoms with Gasteiger partial charge in [-0.1, -0.05) is 30.3 Å². The molecular formula is C23H25NO3. The molecule has 4 heteroatoms. The van der Waals surface area contributed by atoms with Crippen LogP contribution in [0.3, 0.4) is 0 Å². The molecule has 2 aliphatic rings. The average molecular weight is 363 g/mol. The second kappa shape index (κ2) is 7.95. The molecular weight excluding hydrogens is 338 g/mol. The molecule has 0 saturated heterocycles. The number of fused-ring (bicyclic) bond motifs is 2. The van der Waals surface area contributed by atoms with Crippen LogP contribution in [0.5, 0.6) is 5.75 Å². The molecule has 1 aliphatic carbocycles. The van der Waals surface area contributed by atoms with Gasteiger partial charge in [-0.3, -0.25) is 9.59 Å². The Bertz CT molecular complexity index is 858. The molecule has 1 N–H and O–H groups in total. The molecule has 140 valence electrons. The smallest absolute Gasteiger partial charge is 0.220 e. The third kappa shape index (κ3) is 4.21. The zero-order chi connectivity index (χ0) is 18.6. The zero-order valence-electron chi connectivity index (χ0n) is 15.5. The molecule has 1 amide bonds. The van der Waals surface area contributed by atoms with Gasteiger partial charge in [-0.05, 0) is 54.5 Å². The number of amides is 1. The molecule has 1 aliphatic heterocycles. The highest BCUT2D eigenvalue weighted by molar-refractivity contribution is 5.98. The lowest BCUT2D eigenvalue weighted by Crippen LogP contribution is -2.34. The summed E-state index contributed by atoms with van der Waals surface area (Å²) in [4.78, 5) is 24.5. The topological polar surface area (TPSA) is 55.4 Å². The van der Waals surface area contributed by atoms with Crippen LogP contribution in [-0.2, 0) is 24.1 Å². The predicted molar refractivity (Wildman–Crippen MR) is 104 cm³/mol. The van der Waals surface area contributed by atoms with Crippen LogP contribution >= 0.6 is 0 Å². The summed E-state index contributed by atoms with van der Waals surface area (Å²) in [6.45, 7) is 1.20. The molecule has 0 spiro atoms. The van der Waals surface area contributed by atoms with Gasteiger partial charge in [-0.2, -0.15) is 0 Å². The van der Waals surface area contributed by atoms with Crippen molar-refractivity contribution in [2.75, 3.05) is 13.2 Å². The van der Waals surface area contributed by atoms with Crippen LogP contribution in [0.4, 0.5) is 0 Å². The Morgan fingerprint density at radius 2 is 1.85 bits per heavy atom. The number of ketones is 1. The van der Waals surface area contributed by atoms with Crippen molar-refractivity contribution in [1.29, 1.82) is 0 Å². The molecule has 0 bridgehead atoms. The lowest BCUT2D eigenvalue weighted by Gasteiger charge is -2.25. The zero-order valence-corrected chi connectivity index (χ0v) is 15.5. The molecule has 1 atom stereocenters. The molecule has 1 heterocycles. The standard InChI is InChI=1S/C23H25NO3/c25-21(19-9-8-17-5-3-6-18(17)13-19)10-11-23(26)24-14-16-12-20-4-1-2-7-22(20)27-15-16/h1-2,4,7-9,13,16H,3,5-6,10-12,14-15H2,(H,24,26). The Morgan fingerprint density at radius 1 is 1.00 bits per heavy atom. The number of Topliss-reactive ketones (excluding diaryl/α,β-unsaturated/α-hetero) is 1. The Hall–Kier alpha value is -2.62. The summed E-state index contributed by atoms with van der Waals surface area (Å²) >= 11 is 0. The van der Waals surface area contributed by atoms with E-state index in [1.165, 1.54) is 23.1 Å². The molecule has 27 heavy (non-hydrogen) atoms. The lowest BCUT2D eigenvalue weighted by molar-refractivity contribution is -0.121. The summed E-state index contributed by atoms with van der Waals surface area (Å²) in [5.74, 6) is 1.20. The highest BCUT2D eigenvalue weighted by Gasteiger charge is 2.20. The fraction of sp³-hybridized carbons (Fsp3) is 0.391. The number of hydrogen-bond donors (Lipinski definition) is 1. The number of carbonyl (C=O) groups excluding carboxylic acids is 2. The highest BCUT2D eigenvalue weighted by atomic mass is 16.5. The molecule has 4 rings (SSSR count). The molecule has 0 aromatic heterocycles. The largest absolute Gasteiger partial charge is 0.493 e. The maximum atomic E-state index is 12.4.